The summed E-state index contributed by atoms with van der Waals surface area (Å²) in [5.41, 5.74) is 0.509. The number of fused-ring (bicyclic) bond motifs is 1. The SMILES string of the molecule is COC(=O)[C@@H](Cc1c[nH]c2ccccc12)NC(=O)c1cccc(C(F)(F)F)c1. The number of benzene rings is 2. The molecule has 0 spiro atoms. The number of halogens is 3. The minimum atomic E-state index is -4.57. The summed E-state index contributed by atoms with van der Waals surface area (Å²) in [4.78, 5) is 27.7. The molecule has 0 fully saturated rings. The van der Waals surface area contributed by atoms with Gasteiger partial charge in [-0.3, -0.25) is 4.79 Å². The number of ether oxygens (including phenoxy) is 1. The number of nitrogens with one attached hydrogen (secondary N) is 2. The Morgan fingerprint density at radius 2 is 1.89 bits per heavy atom. The largest absolute Gasteiger partial charge is 0.467 e. The molecule has 1 amide bonds. The van der Waals surface area contributed by atoms with E-state index >= 15 is 0 Å². The Kier molecular flexibility index (Phi) is 5.39. The maximum Gasteiger partial charge on any atom is 0.416 e. The van der Waals surface area contributed by atoms with Crippen LogP contribution in [-0.2, 0) is 22.1 Å². The molecule has 1 aromatic heterocycles. The van der Waals surface area contributed by atoms with Gasteiger partial charge in [0.05, 0.1) is 12.7 Å². The number of methoxy groups -OCH3 is 1. The summed E-state index contributed by atoms with van der Waals surface area (Å²) < 4.78 is 43.3. The fourth-order valence-electron chi connectivity index (χ4n) is 2.93. The number of aromatic amines is 1. The molecule has 2 aromatic carbocycles. The van der Waals surface area contributed by atoms with Crippen molar-refractivity contribution in [2.24, 2.45) is 0 Å². The van der Waals surface area contributed by atoms with Crippen molar-refractivity contribution >= 4 is 22.8 Å². The van der Waals surface area contributed by atoms with Crippen molar-refractivity contribution < 1.29 is 27.5 Å². The van der Waals surface area contributed by atoms with Crippen LogP contribution in [0.15, 0.2) is 54.7 Å². The number of alkyl halides is 3. The summed E-state index contributed by atoms with van der Waals surface area (Å²) in [6.45, 7) is 0. The second-order valence-electron chi connectivity index (χ2n) is 6.19. The van der Waals surface area contributed by atoms with Crippen molar-refractivity contribution in [1.82, 2.24) is 10.3 Å². The third-order valence-corrected chi connectivity index (χ3v) is 4.34. The zero-order chi connectivity index (χ0) is 20.3. The van der Waals surface area contributed by atoms with Crippen molar-refractivity contribution in [3.8, 4) is 0 Å². The van der Waals surface area contributed by atoms with Crippen LogP contribution in [0.1, 0.15) is 21.5 Å². The average Bonchev–Trinajstić information content (AvgIpc) is 3.09. The monoisotopic (exact) mass is 390 g/mol. The molecule has 5 nitrogen and oxygen atoms in total. The maximum atomic E-state index is 12.9. The Labute approximate surface area is 158 Å². The molecule has 0 aliphatic carbocycles. The third kappa shape index (κ3) is 4.16. The first-order chi connectivity index (χ1) is 13.3. The van der Waals surface area contributed by atoms with Crippen LogP contribution in [0.5, 0.6) is 0 Å². The molecule has 0 saturated heterocycles. The standard InChI is InChI=1S/C20H17F3N2O3/c1-28-19(27)17(10-13-11-24-16-8-3-2-7-15(13)16)25-18(26)12-5-4-6-14(9-12)20(21,22)23/h2-9,11,17,24H,10H2,1H3,(H,25,26)/t17-/m1/s1. The molecule has 0 aliphatic rings. The normalized spacial score (nSPS) is 12.6. The first-order valence-electron chi connectivity index (χ1n) is 8.40. The predicted molar refractivity (Wildman–Crippen MR) is 96.7 cm³/mol. The van der Waals surface area contributed by atoms with Crippen LogP contribution in [0, 0.1) is 0 Å². The van der Waals surface area contributed by atoms with E-state index in [0.717, 1.165) is 34.7 Å². The first-order valence-corrected chi connectivity index (χ1v) is 8.40. The van der Waals surface area contributed by atoms with Crippen molar-refractivity contribution in [2.75, 3.05) is 7.11 Å². The molecule has 146 valence electrons. The Morgan fingerprint density at radius 1 is 1.14 bits per heavy atom. The fourth-order valence-corrected chi connectivity index (χ4v) is 2.93. The molecule has 1 atom stereocenters. The minimum Gasteiger partial charge on any atom is -0.467 e. The van der Waals surface area contributed by atoms with Crippen LogP contribution >= 0.6 is 0 Å². The summed E-state index contributed by atoms with van der Waals surface area (Å²) in [6, 6.07) is 10.4. The van der Waals surface area contributed by atoms with Crippen LogP contribution in [0.25, 0.3) is 10.9 Å². The van der Waals surface area contributed by atoms with E-state index in [2.05, 4.69) is 10.3 Å². The van der Waals surface area contributed by atoms with Gasteiger partial charge in [0.15, 0.2) is 0 Å². The van der Waals surface area contributed by atoms with E-state index in [0.29, 0.717) is 0 Å². The number of hydrogen-bond donors (Lipinski definition) is 2. The third-order valence-electron chi connectivity index (χ3n) is 4.34. The lowest BCUT2D eigenvalue weighted by Crippen LogP contribution is -2.43. The first kappa shape index (κ1) is 19.5. The Hall–Kier alpha value is -3.29. The Balaban J connectivity index is 1.83. The van der Waals surface area contributed by atoms with Crippen molar-refractivity contribution in [2.45, 2.75) is 18.6 Å². The topological polar surface area (TPSA) is 71.2 Å². The van der Waals surface area contributed by atoms with E-state index in [1.807, 2.05) is 24.3 Å². The van der Waals surface area contributed by atoms with Crippen LogP contribution < -0.4 is 5.32 Å². The zero-order valence-electron chi connectivity index (χ0n) is 14.8. The van der Waals surface area contributed by atoms with Gasteiger partial charge in [-0.1, -0.05) is 24.3 Å². The average molecular weight is 390 g/mol. The van der Waals surface area contributed by atoms with E-state index in [9.17, 15) is 22.8 Å². The van der Waals surface area contributed by atoms with Gasteiger partial charge in [0, 0.05) is 29.1 Å². The Morgan fingerprint density at radius 3 is 2.61 bits per heavy atom. The van der Waals surface area contributed by atoms with Gasteiger partial charge in [0.2, 0.25) is 0 Å². The lowest BCUT2D eigenvalue weighted by atomic mass is 10.0. The molecular formula is C20H17F3N2O3. The highest BCUT2D eigenvalue weighted by molar-refractivity contribution is 5.97. The van der Waals surface area contributed by atoms with Gasteiger partial charge in [0.1, 0.15) is 6.04 Å². The number of H-pyrrole nitrogens is 1. The van der Waals surface area contributed by atoms with Gasteiger partial charge in [-0.05, 0) is 29.8 Å². The smallest absolute Gasteiger partial charge is 0.416 e. The van der Waals surface area contributed by atoms with Crippen LogP contribution in [-0.4, -0.2) is 30.0 Å². The second-order valence-corrected chi connectivity index (χ2v) is 6.19. The molecule has 3 rings (SSSR count). The number of carbonyl (C=O) groups is 2. The lowest BCUT2D eigenvalue weighted by molar-refractivity contribution is -0.143. The quantitative estimate of drug-likeness (QED) is 0.653. The van der Waals surface area contributed by atoms with Crippen molar-refractivity contribution in [1.29, 1.82) is 0 Å². The number of carbonyl (C=O) groups excluding carboxylic acids is 2. The summed E-state index contributed by atoms with van der Waals surface area (Å²) in [5, 5.41) is 3.35. The van der Waals surface area contributed by atoms with Gasteiger partial charge in [-0.2, -0.15) is 13.2 Å². The molecule has 28 heavy (non-hydrogen) atoms. The highest BCUT2D eigenvalue weighted by atomic mass is 19.4. The van der Waals surface area contributed by atoms with Crippen LogP contribution in [0.4, 0.5) is 13.2 Å². The number of aromatic nitrogens is 1. The lowest BCUT2D eigenvalue weighted by Gasteiger charge is -2.17. The van der Waals surface area contributed by atoms with Crippen LogP contribution in [0.3, 0.4) is 0 Å². The molecule has 1 heterocycles. The van der Waals surface area contributed by atoms with E-state index in [-0.39, 0.29) is 12.0 Å². The van der Waals surface area contributed by atoms with Gasteiger partial charge in [0.25, 0.3) is 5.91 Å². The van der Waals surface area contributed by atoms with Gasteiger partial charge in [-0.15, -0.1) is 0 Å². The number of amides is 1. The molecule has 0 radical (unpaired) electrons. The zero-order valence-corrected chi connectivity index (χ0v) is 14.8. The number of rotatable bonds is 5. The molecule has 0 saturated carbocycles. The molecular weight excluding hydrogens is 373 g/mol. The highest BCUT2D eigenvalue weighted by Crippen LogP contribution is 2.29. The van der Waals surface area contributed by atoms with E-state index < -0.39 is 29.7 Å². The molecule has 8 heteroatoms. The predicted octanol–water partition coefficient (Wildman–Crippen LogP) is 3.70. The van der Waals surface area contributed by atoms with E-state index in [1.54, 1.807) is 6.20 Å². The number of hydrogen-bond acceptors (Lipinski definition) is 3. The van der Waals surface area contributed by atoms with Crippen molar-refractivity contribution in [3.05, 3.63) is 71.4 Å². The van der Waals surface area contributed by atoms with Gasteiger partial charge < -0.3 is 15.0 Å². The van der Waals surface area contributed by atoms with E-state index in [1.165, 1.54) is 13.2 Å². The fraction of sp³-hybridized carbons (Fsp3) is 0.200. The number of esters is 1. The summed E-state index contributed by atoms with van der Waals surface area (Å²) in [5.74, 6) is -1.48. The maximum absolute atomic E-state index is 12.9. The van der Waals surface area contributed by atoms with Crippen LogP contribution in [0.2, 0.25) is 0 Å². The molecule has 2 N–H and O–H groups in total. The summed E-state index contributed by atoms with van der Waals surface area (Å²) in [6.07, 6.45) is -2.72. The summed E-state index contributed by atoms with van der Waals surface area (Å²) in [7, 11) is 1.18. The molecule has 0 unspecified atom stereocenters. The number of para-hydroxylation sites is 1. The highest BCUT2D eigenvalue weighted by Gasteiger charge is 2.31. The minimum absolute atomic E-state index is 0.126. The van der Waals surface area contributed by atoms with Crippen molar-refractivity contribution in [3.63, 3.8) is 0 Å². The summed E-state index contributed by atoms with van der Waals surface area (Å²) >= 11 is 0. The Bertz CT molecular complexity index is 1010. The second kappa shape index (κ2) is 7.75. The van der Waals surface area contributed by atoms with E-state index in [4.69, 9.17) is 4.74 Å². The molecule has 3 aromatic rings. The molecule has 0 bridgehead atoms. The van der Waals surface area contributed by atoms with Gasteiger partial charge >= 0.3 is 12.1 Å². The molecule has 0 aliphatic heterocycles. The van der Waals surface area contributed by atoms with Gasteiger partial charge in [-0.25, -0.2) is 4.79 Å².